The van der Waals surface area contributed by atoms with E-state index in [-0.39, 0.29) is 6.04 Å². The molecule has 2 aromatic heterocycles. The average Bonchev–Trinajstić information content (AvgIpc) is 2.95. The number of aromatic nitrogens is 3. The quantitative estimate of drug-likeness (QED) is 0.787. The summed E-state index contributed by atoms with van der Waals surface area (Å²) in [7, 11) is 3.90. The van der Waals surface area contributed by atoms with Crippen LogP contribution in [0, 0.1) is 0 Å². The summed E-state index contributed by atoms with van der Waals surface area (Å²) in [6, 6.07) is 9.62. The van der Waals surface area contributed by atoms with Crippen molar-refractivity contribution in [1.29, 1.82) is 0 Å². The van der Waals surface area contributed by atoms with E-state index in [1.54, 1.807) is 6.20 Å². The Morgan fingerprint density at radius 1 is 1.24 bits per heavy atom. The van der Waals surface area contributed by atoms with Crippen LogP contribution in [0.4, 0.5) is 0 Å². The molecule has 0 spiro atoms. The van der Waals surface area contributed by atoms with E-state index in [1.165, 1.54) is 0 Å². The zero-order chi connectivity index (χ0) is 14.8. The van der Waals surface area contributed by atoms with Gasteiger partial charge in [-0.2, -0.15) is 4.98 Å². The molecule has 0 radical (unpaired) electrons. The number of nitrogens with two attached hydrogens (primary N) is 1. The number of nitrogens with zero attached hydrogens (tertiary/aromatic N) is 4. The molecule has 2 N–H and O–H groups in total. The minimum atomic E-state index is -0.285. The summed E-state index contributed by atoms with van der Waals surface area (Å²) >= 11 is 0. The number of rotatable bonds is 4. The molecule has 2 heterocycles. The summed E-state index contributed by atoms with van der Waals surface area (Å²) in [4.78, 5) is 10.7. The summed E-state index contributed by atoms with van der Waals surface area (Å²) in [5.41, 5.74) is 6.74. The first-order valence-corrected chi connectivity index (χ1v) is 6.73. The highest BCUT2D eigenvalue weighted by Gasteiger charge is 2.18. The van der Waals surface area contributed by atoms with Crippen LogP contribution < -0.4 is 5.73 Å². The predicted octanol–water partition coefficient (Wildman–Crippen LogP) is 1.85. The van der Waals surface area contributed by atoms with Crippen LogP contribution in [-0.2, 0) is 0 Å². The first-order valence-electron chi connectivity index (χ1n) is 6.73. The number of likely N-dealkylation sites (N-methyl/N-ethyl adjacent to an activating group) is 1. The molecule has 21 heavy (non-hydrogen) atoms. The van der Waals surface area contributed by atoms with Crippen LogP contribution in [-0.4, -0.2) is 40.7 Å². The fraction of sp³-hybridized carbons (Fsp3) is 0.267. The monoisotopic (exact) mass is 283 g/mol. The van der Waals surface area contributed by atoms with E-state index in [9.17, 15) is 0 Å². The van der Waals surface area contributed by atoms with Crippen molar-refractivity contribution in [3.8, 4) is 11.6 Å². The molecule has 3 rings (SSSR count). The van der Waals surface area contributed by atoms with Crippen LogP contribution in [0.3, 0.4) is 0 Å². The third kappa shape index (κ3) is 2.76. The Kier molecular flexibility index (Phi) is 3.64. The Labute approximate surface area is 122 Å². The molecule has 1 atom stereocenters. The highest BCUT2D eigenvalue weighted by molar-refractivity contribution is 5.92. The minimum absolute atomic E-state index is 0.285. The number of benzene rings is 1. The van der Waals surface area contributed by atoms with Crippen LogP contribution in [0.2, 0.25) is 0 Å². The fourth-order valence-corrected chi connectivity index (χ4v) is 2.25. The van der Waals surface area contributed by atoms with Gasteiger partial charge in [-0.25, -0.2) is 0 Å². The molecule has 0 bridgehead atoms. The van der Waals surface area contributed by atoms with E-state index in [4.69, 9.17) is 10.3 Å². The van der Waals surface area contributed by atoms with Gasteiger partial charge in [0, 0.05) is 18.1 Å². The lowest BCUT2D eigenvalue weighted by Gasteiger charge is -2.12. The summed E-state index contributed by atoms with van der Waals surface area (Å²) < 4.78 is 5.34. The van der Waals surface area contributed by atoms with Gasteiger partial charge in [-0.15, -0.1) is 0 Å². The van der Waals surface area contributed by atoms with Gasteiger partial charge in [0.1, 0.15) is 5.69 Å². The lowest BCUT2D eigenvalue weighted by atomic mass is 10.1. The zero-order valence-corrected chi connectivity index (χ0v) is 12.0. The van der Waals surface area contributed by atoms with Crippen molar-refractivity contribution in [2.24, 2.45) is 5.73 Å². The van der Waals surface area contributed by atoms with Crippen molar-refractivity contribution in [3.63, 3.8) is 0 Å². The SMILES string of the molecule is CN(C)CC(N)c1noc(-c2nccc3ccccc23)n1. The first kappa shape index (κ1) is 13.7. The maximum absolute atomic E-state index is 6.05. The van der Waals surface area contributed by atoms with Crippen LogP contribution >= 0.6 is 0 Å². The number of fused-ring (bicyclic) bond motifs is 1. The second kappa shape index (κ2) is 5.59. The van der Waals surface area contributed by atoms with Gasteiger partial charge in [0.2, 0.25) is 0 Å². The van der Waals surface area contributed by atoms with Gasteiger partial charge in [-0.05, 0) is 25.5 Å². The van der Waals surface area contributed by atoms with E-state index in [2.05, 4.69) is 15.1 Å². The maximum atomic E-state index is 6.05. The van der Waals surface area contributed by atoms with Gasteiger partial charge in [-0.3, -0.25) is 4.98 Å². The third-order valence-corrected chi connectivity index (χ3v) is 3.21. The second-order valence-corrected chi connectivity index (χ2v) is 5.21. The highest BCUT2D eigenvalue weighted by Crippen LogP contribution is 2.25. The molecule has 0 aliphatic heterocycles. The first-order chi connectivity index (χ1) is 10.1. The van der Waals surface area contributed by atoms with Gasteiger partial charge in [0.15, 0.2) is 5.82 Å². The molecule has 6 heteroatoms. The Bertz CT molecular complexity index is 747. The molecule has 0 saturated heterocycles. The Hall–Kier alpha value is -2.31. The van der Waals surface area contributed by atoms with E-state index in [0.29, 0.717) is 24.0 Å². The molecular weight excluding hydrogens is 266 g/mol. The average molecular weight is 283 g/mol. The summed E-state index contributed by atoms with van der Waals surface area (Å²) in [6.45, 7) is 0.655. The summed E-state index contributed by atoms with van der Waals surface area (Å²) in [5.74, 6) is 0.893. The minimum Gasteiger partial charge on any atom is -0.332 e. The van der Waals surface area contributed by atoms with E-state index in [0.717, 1.165) is 10.8 Å². The lowest BCUT2D eigenvalue weighted by Crippen LogP contribution is -2.26. The summed E-state index contributed by atoms with van der Waals surface area (Å²) in [6.07, 6.45) is 1.74. The normalized spacial score (nSPS) is 13.0. The van der Waals surface area contributed by atoms with Crippen LogP contribution in [0.15, 0.2) is 41.1 Å². The molecule has 0 saturated carbocycles. The molecule has 0 amide bonds. The van der Waals surface area contributed by atoms with Gasteiger partial charge >= 0.3 is 0 Å². The molecule has 108 valence electrons. The molecular formula is C15H17N5O. The van der Waals surface area contributed by atoms with Crippen molar-refractivity contribution >= 4 is 10.8 Å². The van der Waals surface area contributed by atoms with Crippen molar-refractivity contribution in [3.05, 3.63) is 42.4 Å². The zero-order valence-electron chi connectivity index (χ0n) is 12.0. The van der Waals surface area contributed by atoms with E-state index < -0.39 is 0 Å². The van der Waals surface area contributed by atoms with E-state index in [1.807, 2.05) is 49.3 Å². The largest absolute Gasteiger partial charge is 0.332 e. The molecule has 0 fully saturated rings. The number of hydrogen-bond acceptors (Lipinski definition) is 6. The molecule has 0 aliphatic carbocycles. The van der Waals surface area contributed by atoms with E-state index >= 15 is 0 Å². The van der Waals surface area contributed by atoms with Crippen molar-refractivity contribution in [2.75, 3.05) is 20.6 Å². The predicted molar refractivity (Wildman–Crippen MR) is 80.5 cm³/mol. The molecule has 3 aromatic rings. The van der Waals surface area contributed by atoms with Crippen molar-refractivity contribution < 1.29 is 4.52 Å². The Morgan fingerprint density at radius 2 is 2.05 bits per heavy atom. The Balaban J connectivity index is 1.99. The molecule has 0 aliphatic rings. The third-order valence-electron chi connectivity index (χ3n) is 3.21. The number of pyridine rings is 1. The Morgan fingerprint density at radius 3 is 2.86 bits per heavy atom. The van der Waals surface area contributed by atoms with Crippen LogP contribution in [0.25, 0.3) is 22.4 Å². The van der Waals surface area contributed by atoms with Gasteiger partial charge < -0.3 is 15.2 Å². The van der Waals surface area contributed by atoms with Gasteiger partial charge in [-0.1, -0.05) is 29.4 Å². The molecule has 1 aromatic carbocycles. The molecule has 6 nitrogen and oxygen atoms in total. The van der Waals surface area contributed by atoms with Gasteiger partial charge in [0.05, 0.1) is 6.04 Å². The summed E-state index contributed by atoms with van der Waals surface area (Å²) in [5, 5.41) is 6.04. The van der Waals surface area contributed by atoms with Crippen LogP contribution in [0.1, 0.15) is 11.9 Å². The van der Waals surface area contributed by atoms with Gasteiger partial charge in [0.25, 0.3) is 5.89 Å². The fourth-order valence-electron chi connectivity index (χ4n) is 2.25. The second-order valence-electron chi connectivity index (χ2n) is 5.21. The smallest absolute Gasteiger partial charge is 0.277 e. The number of hydrogen-bond donors (Lipinski definition) is 1. The van der Waals surface area contributed by atoms with Crippen molar-refractivity contribution in [1.82, 2.24) is 20.0 Å². The van der Waals surface area contributed by atoms with Crippen molar-refractivity contribution in [2.45, 2.75) is 6.04 Å². The lowest BCUT2D eigenvalue weighted by molar-refractivity contribution is 0.357. The highest BCUT2D eigenvalue weighted by atomic mass is 16.5. The van der Waals surface area contributed by atoms with Crippen LogP contribution in [0.5, 0.6) is 0 Å². The topological polar surface area (TPSA) is 81.1 Å². The maximum Gasteiger partial charge on any atom is 0.277 e. The molecule has 1 unspecified atom stereocenters. The standard InChI is InChI=1S/C15H17N5O/c1-20(2)9-12(16)14-18-15(21-19-14)13-11-6-4-3-5-10(11)7-8-17-13/h3-8,12H,9,16H2,1-2H3.